The summed E-state index contributed by atoms with van der Waals surface area (Å²) in [6.45, 7) is 6.41. The predicted octanol–water partition coefficient (Wildman–Crippen LogP) is 2.85. The van der Waals surface area contributed by atoms with E-state index in [1.165, 1.54) is 19.2 Å². The lowest BCUT2D eigenvalue weighted by Crippen LogP contribution is -2.18. The Balaban J connectivity index is 1.63. The molecule has 1 aliphatic rings. The number of H-pyrrole nitrogens is 1. The van der Waals surface area contributed by atoms with Crippen LogP contribution in [-0.4, -0.2) is 46.4 Å². The van der Waals surface area contributed by atoms with Gasteiger partial charge in [0.25, 0.3) is 0 Å². The number of aromatic nitrogens is 2. The van der Waals surface area contributed by atoms with Gasteiger partial charge in [0.15, 0.2) is 12.4 Å². The van der Waals surface area contributed by atoms with E-state index >= 15 is 0 Å². The smallest absolute Gasteiger partial charge is 0.355 e. The normalized spacial score (nSPS) is 16.5. The van der Waals surface area contributed by atoms with Crippen LogP contribution in [-0.2, 0) is 16.0 Å². The number of hydrogen-bond acceptors (Lipinski definition) is 5. The van der Waals surface area contributed by atoms with Crippen molar-refractivity contribution in [1.29, 1.82) is 0 Å². The molecule has 0 saturated carbocycles. The summed E-state index contributed by atoms with van der Waals surface area (Å²) in [4.78, 5) is 38.6. The lowest BCUT2D eigenvalue weighted by molar-refractivity contribution is 0.0469. The van der Waals surface area contributed by atoms with Gasteiger partial charge in [-0.15, -0.1) is 0 Å². The van der Waals surface area contributed by atoms with Crippen molar-refractivity contribution in [1.82, 2.24) is 9.55 Å². The largest absolute Gasteiger partial charge is 0.453 e. The molecule has 0 unspecified atom stereocenters. The third-order valence-electron chi connectivity index (χ3n) is 4.93. The number of nitrogens with zero attached hydrogens (tertiary/aromatic N) is 1. The molecule has 2 aromatic rings. The Bertz CT molecular complexity index is 871. The van der Waals surface area contributed by atoms with Gasteiger partial charge in [0, 0.05) is 41.9 Å². The second kappa shape index (κ2) is 7.92. The Morgan fingerprint density at radius 1 is 1.30 bits per heavy atom. The Hall–Kier alpha value is -2.67. The molecule has 27 heavy (non-hydrogen) atoms. The number of ether oxygens (including phenoxy) is 2. The molecule has 7 nitrogen and oxygen atoms in total. The van der Waals surface area contributed by atoms with E-state index < -0.39 is 5.97 Å². The van der Waals surface area contributed by atoms with E-state index in [4.69, 9.17) is 9.47 Å². The summed E-state index contributed by atoms with van der Waals surface area (Å²) in [5, 5.41) is 0. The first kappa shape index (κ1) is 19.1. The highest BCUT2D eigenvalue weighted by Gasteiger charge is 2.22. The van der Waals surface area contributed by atoms with Crippen molar-refractivity contribution in [2.45, 2.75) is 46.3 Å². The van der Waals surface area contributed by atoms with Crippen LogP contribution >= 0.6 is 0 Å². The molecule has 144 valence electrons. The number of Topliss-reactive ketones (excluding diaryl/α,β-unsaturated/α-hetero) is 2. The Kier molecular flexibility index (Phi) is 5.60. The fourth-order valence-corrected chi connectivity index (χ4v) is 3.36. The van der Waals surface area contributed by atoms with Gasteiger partial charge in [0.05, 0.1) is 6.10 Å². The van der Waals surface area contributed by atoms with Crippen LogP contribution in [0.25, 0.3) is 0 Å². The van der Waals surface area contributed by atoms with Crippen molar-refractivity contribution in [2.75, 3.05) is 13.2 Å². The Morgan fingerprint density at radius 2 is 2.07 bits per heavy atom. The minimum absolute atomic E-state index is 0.150. The van der Waals surface area contributed by atoms with Gasteiger partial charge in [-0.05, 0) is 45.7 Å². The molecule has 0 aliphatic carbocycles. The molecule has 0 spiro atoms. The van der Waals surface area contributed by atoms with E-state index in [1.54, 1.807) is 0 Å². The number of ketones is 2. The SMILES string of the molecule is CC(=O)c1c[nH]c(C(=O)OCC(=O)c2cc(C)n(C[C@H]3CCCO3)c2C)c1. The standard InChI is InChI=1S/C20H24N2O5/c1-12-7-17(13(2)22(12)10-16-5-4-6-26-16)19(24)11-27-20(25)18-8-15(9-21-18)14(3)23/h7-9,16,21H,4-6,10-11H2,1-3H3/t16-/m1/s1. The number of hydrogen-bond donors (Lipinski definition) is 1. The van der Waals surface area contributed by atoms with Gasteiger partial charge in [0.1, 0.15) is 5.69 Å². The summed E-state index contributed by atoms with van der Waals surface area (Å²) < 4.78 is 12.9. The van der Waals surface area contributed by atoms with Crippen molar-refractivity contribution in [3.8, 4) is 0 Å². The molecular weight excluding hydrogens is 348 g/mol. The maximum atomic E-state index is 12.5. The maximum absolute atomic E-state index is 12.5. The minimum atomic E-state index is -0.663. The second-order valence-corrected chi connectivity index (χ2v) is 6.89. The molecular formula is C20H24N2O5. The average Bonchev–Trinajstić information content (AvgIpc) is 3.36. The van der Waals surface area contributed by atoms with Gasteiger partial charge >= 0.3 is 5.97 Å². The molecule has 1 saturated heterocycles. The number of nitrogens with one attached hydrogen (secondary N) is 1. The third kappa shape index (κ3) is 4.19. The minimum Gasteiger partial charge on any atom is -0.453 e. The van der Waals surface area contributed by atoms with Crippen molar-refractivity contribution >= 4 is 17.5 Å². The highest BCUT2D eigenvalue weighted by molar-refractivity contribution is 6.01. The number of aryl methyl sites for hydroxylation is 1. The molecule has 1 aliphatic heterocycles. The molecule has 0 aromatic carbocycles. The number of carbonyl (C=O) groups excluding carboxylic acids is 3. The van der Waals surface area contributed by atoms with E-state index in [-0.39, 0.29) is 30.0 Å². The maximum Gasteiger partial charge on any atom is 0.355 e. The molecule has 2 aromatic heterocycles. The predicted molar refractivity (Wildman–Crippen MR) is 98.3 cm³/mol. The van der Waals surface area contributed by atoms with Crippen molar-refractivity contribution in [2.24, 2.45) is 0 Å². The molecule has 3 heterocycles. The molecule has 0 amide bonds. The van der Waals surface area contributed by atoms with Gasteiger partial charge in [-0.25, -0.2) is 4.79 Å². The van der Waals surface area contributed by atoms with E-state index in [1.807, 2.05) is 19.9 Å². The zero-order valence-electron chi connectivity index (χ0n) is 15.8. The summed E-state index contributed by atoms with van der Waals surface area (Å²) in [6, 6.07) is 3.24. The number of rotatable bonds is 7. The van der Waals surface area contributed by atoms with Crippen LogP contribution < -0.4 is 0 Å². The van der Waals surface area contributed by atoms with Crippen molar-refractivity contribution in [3.05, 3.63) is 46.5 Å². The van der Waals surface area contributed by atoms with Crippen LogP contribution in [0.1, 0.15) is 62.4 Å². The lowest BCUT2D eigenvalue weighted by atomic mass is 10.1. The first-order chi connectivity index (χ1) is 12.9. The van der Waals surface area contributed by atoms with E-state index in [0.29, 0.717) is 11.1 Å². The number of carbonyl (C=O) groups is 3. The van der Waals surface area contributed by atoms with Gasteiger partial charge in [0.2, 0.25) is 5.78 Å². The first-order valence-corrected chi connectivity index (χ1v) is 9.05. The van der Waals surface area contributed by atoms with E-state index in [0.717, 1.165) is 37.4 Å². The van der Waals surface area contributed by atoms with Gasteiger partial charge in [-0.2, -0.15) is 0 Å². The monoisotopic (exact) mass is 372 g/mol. The average molecular weight is 372 g/mol. The molecule has 7 heteroatoms. The summed E-state index contributed by atoms with van der Waals surface area (Å²) in [7, 11) is 0. The lowest BCUT2D eigenvalue weighted by Gasteiger charge is -2.14. The van der Waals surface area contributed by atoms with Crippen molar-refractivity contribution in [3.63, 3.8) is 0 Å². The quantitative estimate of drug-likeness (QED) is 0.596. The van der Waals surface area contributed by atoms with E-state index in [2.05, 4.69) is 9.55 Å². The van der Waals surface area contributed by atoms with Crippen LogP contribution in [0.5, 0.6) is 0 Å². The summed E-state index contributed by atoms with van der Waals surface area (Å²) >= 11 is 0. The molecule has 1 fully saturated rings. The van der Waals surface area contributed by atoms with Crippen molar-refractivity contribution < 1.29 is 23.9 Å². The summed E-state index contributed by atoms with van der Waals surface area (Å²) in [5.74, 6) is -1.07. The highest BCUT2D eigenvalue weighted by Crippen LogP contribution is 2.21. The number of aromatic amines is 1. The molecule has 0 radical (unpaired) electrons. The van der Waals surface area contributed by atoms with Gasteiger partial charge in [-0.1, -0.05) is 0 Å². The zero-order chi connectivity index (χ0) is 19.6. The van der Waals surface area contributed by atoms with Crippen LogP contribution in [0, 0.1) is 13.8 Å². The second-order valence-electron chi connectivity index (χ2n) is 6.89. The molecule has 1 N–H and O–H groups in total. The first-order valence-electron chi connectivity index (χ1n) is 9.05. The zero-order valence-corrected chi connectivity index (χ0v) is 15.8. The Morgan fingerprint density at radius 3 is 2.70 bits per heavy atom. The van der Waals surface area contributed by atoms with E-state index in [9.17, 15) is 14.4 Å². The van der Waals surface area contributed by atoms with Crippen LogP contribution in [0.15, 0.2) is 18.3 Å². The van der Waals surface area contributed by atoms with Crippen LogP contribution in [0.2, 0.25) is 0 Å². The number of esters is 1. The fraction of sp³-hybridized carbons (Fsp3) is 0.450. The summed E-state index contributed by atoms with van der Waals surface area (Å²) in [5.41, 5.74) is 2.92. The van der Waals surface area contributed by atoms with Gasteiger partial charge < -0.3 is 19.0 Å². The molecule has 1 atom stereocenters. The molecule has 0 bridgehead atoms. The van der Waals surface area contributed by atoms with Crippen LogP contribution in [0.3, 0.4) is 0 Å². The highest BCUT2D eigenvalue weighted by atomic mass is 16.5. The van der Waals surface area contributed by atoms with Crippen LogP contribution in [0.4, 0.5) is 0 Å². The topological polar surface area (TPSA) is 90.4 Å². The third-order valence-corrected chi connectivity index (χ3v) is 4.93. The fourth-order valence-electron chi connectivity index (χ4n) is 3.36. The van der Waals surface area contributed by atoms with Gasteiger partial charge in [-0.3, -0.25) is 9.59 Å². The Labute approximate surface area is 157 Å². The summed E-state index contributed by atoms with van der Waals surface area (Å²) in [6.07, 6.45) is 3.71. The molecule has 3 rings (SSSR count).